The molecule has 0 aliphatic heterocycles. The highest BCUT2D eigenvalue weighted by Gasteiger charge is 2.15. The van der Waals surface area contributed by atoms with Crippen molar-refractivity contribution < 1.29 is 0 Å². The summed E-state index contributed by atoms with van der Waals surface area (Å²) >= 11 is 0. The van der Waals surface area contributed by atoms with E-state index in [1.165, 1.54) is 42.5 Å². The van der Waals surface area contributed by atoms with Crippen LogP contribution in [0.2, 0.25) is 0 Å². The molecular formula is C17H28N2. The van der Waals surface area contributed by atoms with Crippen LogP contribution in [0.25, 0.3) is 5.57 Å². The van der Waals surface area contributed by atoms with E-state index in [9.17, 15) is 0 Å². The summed E-state index contributed by atoms with van der Waals surface area (Å²) in [6.07, 6.45) is 9.79. The van der Waals surface area contributed by atoms with Crippen LogP contribution in [0, 0.1) is 12.8 Å². The van der Waals surface area contributed by atoms with Crippen LogP contribution >= 0.6 is 0 Å². The van der Waals surface area contributed by atoms with Crippen LogP contribution < -0.4 is 5.73 Å². The van der Waals surface area contributed by atoms with Gasteiger partial charge in [0.15, 0.2) is 0 Å². The van der Waals surface area contributed by atoms with Crippen molar-refractivity contribution in [1.29, 1.82) is 0 Å². The first-order chi connectivity index (χ1) is 9.13. The highest BCUT2D eigenvalue weighted by atomic mass is 14.7. The Morgan fingerprint density at radius 1 is 1.37 bits per heavy atom. The average molecular weight is 260 g/mol. The first-order valence-corrected chi connectivity index (χ1v) is 7.39. The zero-order valence-electron chi connectivity index (χ0n) is 12.6. The van der Waals surface area contributed by atoms with E-state index in [0.717, 1.165) is 12.1 Å². The monoisotopic (exact) mass is 260 g/mol. The van der Waals surface area contributed by atoms with Gasteiger partial charge in [-0.1, -0.05) is 46.1 Å². The molecular weight excluding hydrogens is 232 g/mol. The smallest absolute Gasteiger partial charge is 0.0463 e. The predicted molar refractivity (Wildman–Crippen MR) is 84.8 cm³/mol. The van der Waals surface area contributed by atoms with Crippen molar-refractivity contribution >= 4 is 5.57 Å². The van der Waals surface area contributed by atoms with Crippen LogP contribution in [-0.4, -0.2) is 4.98 Å². The number of aromatic nitrogens is 1. The molecule has 0 spiro atoms. The number of nitrogens with one attached hydrogen (secondary N) is 1. The Morgan fingerprint density at radius 2 is 2.00 bits per heavy atom. The fraction of sp³-hybridized carbons (Fsp3) is 0.529. The zero-order chi connectivity index (χ0) is 14.3. The van der Waals surface area contributed by atoms with E-state index in [0.29, 0.717) is 5.92 Å². The molecule has 0 atom stereocenters. The Balaban J connectivity index is 3.00. The van der Waals surface area contributed by atoms with Crippen molar-refractivity contribution in [1.82, 2.24) is 4.98 Å². The molecule has 1 aromatic rings. The Hall–Kier alpha value is -1.44. The Kier molecular flexibility index (Phi) is 6.48. The number of H-pyrrole nitrogens is 1. The minimum absolute atomic E-state index is 0.714. The van der Waals surface area contributed by atoms with Gasteiger partial charge >= 0.3 is 0 Å². The number of aryl methyl sites for hydroxylation is 1. The van der Waals surface area contributed by atoms with Gasteiger partial charge in [0.2, 0.25) is 0 Å². The van der Waals surface area contributed by atoms with E-state index in [4.69, 9.17) is 5.73 Å². The molecule has 0 aliphatic rings. The number of rotatable bonds is 8. The van der Waals surface area contributed by atoms with E-state index in [1.807, 2.05) is 6.20 Å². The summed E-state index contributed by atoms with van der Waals surface area (Å²) in [6.45, 7) is 10.5. The normalized spacial score (nSPS) is 12.6. The second-order valence-electron chi connectivity index (χ2n) is 5.32. The summed E-state index contributed by atoms with van der Waals surface area (Å²) in [4.78, 5) is 3.32. The quantitative estimate of drug-likeness (QED) is 0.649. The second kappa shape index (κ2) is 7.88. The van der Waals surface area contributed by atoms with Gasteiger partial charge in [-0.3, -0.25) is 0 Å². The molecule has 1 aromatic heterocycles. The Bertz CT molecular complexity index is 420. The lowest BCUT2D eigenvalue weighted by molar-refractivity contribution is 0.449. The van der Waals surface area contributed by atoms with Gasteiger partial charge in [-0.05, 0) is 42.5 Å². The molecule has 1 rings (SSSR count). The SMILES string of the molecule is C=C/C(N)=C(/CC(CCC)CCC)c1[nH]ccc1C. The maximum atomic E-state index is 6.16. The van der Waals surface area contributed by atoms with Crippen LogP contribution in [0.3, 0.4) is 0 Å². The van der Waals surface area contributed by atoms with Gasteiger partial charge in [0, 0.05) is 17.6 Å². The van der Waals surface area contributed by atoms with E-state index >= 15 is 0 Å². The number of nitrogens with two attached hydrogens (primary N) is 1. The highest BCUT2D eigenvalue weighted by molar-refractivity contribution is 5.70. The molecule has 0 bridgehead atoms. The summed E-state index contributed by atoms with van der Waals surface area (Å²) in [5, 5.41) is 0. The van der Waals surface area contributed by atoms with Crippen LogP contribution in [0.4, 0.5) is 0 Å². The Morgan fingerprint density at radius 3 is 2.42 bits per heavy atom. The molecule has 0 fully saturated rings. The molecule has 0 aliphatic carbocycles. The number of allylic oxidation sites excluding steroid dienone is 2. The zero-order valence-corrected chi connectivity index (χ0v) is 12.6. The predicted octanol–water partition coefficient (Wildman–Crippen LogP) is 4.79. The molecule has 1 heterocycles. The number of hydrogen-bond acceptors (Lipinski definition) is 1. The van der Waals surface area contributed by atoms with Crippen molar-refractivity contribution in [3.63, 3.8) is 0 Å². The van der Waals surface area contributed by atoms with Crippen LogP contribution in [0.5, 0.6) is 0 Å². The van der Waals surface area contributed by atoms with Crippen LogP contribution in [-0.2, 0) is 0 Å². The van der Waals surface area contributed by atoms with Crippen molar-refractivity contribution in [2.45, 2.75) is 52.9 Å². The average Bonchev–Trinajstić information content (AvgIpc) is 2.81. The summed E-state index contributed by atoms with van der Waals surface area (Å²) in [5.74, 6) is 0.714. The summed E-state index contributed by atoms with van der Waals surface area (Å²) in [6, 6.07) is 2.10. The van der Waals surface area contributed by atoms with E-state index in [-0.39, 0.29) is 0 Å². The van der Waals surface area contributed by atoms with Gasteiger partial charge in [0.25, 0.3) is 0 Å². The first-order valence-electron chi connectivity index (χ1n) is 7.39. The van der Waals surface area contributed by atoms with Gasteiger partial charge < -0.3 is 10.7 Å². The fourth-order valence-corrected chi connectivity index (χ4v) is 2.71. The molecule has 0 amide bonds. The Labute approximate surface area is 117 Å². The molecule has 19 heavy (non-hydrogen) atoms. The molecule has 0 unspecified atom stereocenters. The van der Waals surface area contributed by atoms with Crippen LogP contribution in [0.15, 0.2) is 30.6 Å². The third kappa shape index (κ3) is 4.30. The minimum Gasteiger partial charge on any atom is -0.398 e. The minimum atomic E-state index is 0.714. The van der Waals surface area contributed by atoms with Crippen LogP contribution in [0.1, 0.15) is 57.2 Å². The molecule has 106 valence electrons. The molecule has 2 nitrogen and oxygen atoms in total. The van der Waals surface area contributed by atoms with Crippen molar-refractivity contribution in [2.75, 3.05) is 0 Å². The maximum Gasteiger partial charge on any atom is 0.0463 e. The van der Waals surface area contributed by atoms with Crippen molar-refractivity contribution in [3.05, 3.63) is 41.9 Å². The molecule has 0 saturated heterocycles. The van der Waals surface area contributed by atoms with Gasteiger partial charge in [-0.2, -0.15) is 0 Å². The van der Waals surface area contributed by atoms with Crippen molar-refractivity contribution in [3.8, 4) is 0 Å². The number of aromatic amines is 1. The third-order valence-electron chi connectivity index (χ3n) is 3.71. The van der Waals surface area contributed by atoms with Crippen molar-refractivity contribution in [2.24, 2.45) is 11.7 Å². The number of hydrogen-bond donors (Lipinski definition) is 2. The highest BCUT2D eigenvalue weighted by Crippen LogP contribution is 2.30. The molecule has 0 radical (unpaired) electrons. The summed E-state index contributed by atoms with van der Waals surface area (Å²) < 4.78 is 0. The summed E-state index contributed by atoms with van der Waals surface area (Å²) in [5.41, 5.74) is 10.6. The summed E-state index contributed by atoms with van der Waals surface area (Å²) in [7, 11) is 0. The van der Waals surface area contributed by atoms with E-state index in [2.05, 4.69) is 38.4 Å². The fourth-order valence-electron chi connectivity index (χ4n) is 2.71. The standard InChI is InChI=1S/C17H28N2/c1-5-8-14(9-6-2)12-15(16(18)7-3)17-13(4)10-11-19-17/h7,10-11,14,19H,3,5-6,8-9,12,18H2,1-2,4H3/b16-15+. The topological polar surface area (TPSA) is 41.8 Å². The third-order valence-corrected chi connectivity index (χ3v) is 3.71. The lowest BCUT2D eigenvalue weighted by Crippen LogP contribution is -2.07. The second-order valence-corrected chi connectivity index (χ2v) is 5.32. The maximum absolute atomic E-state index is 6.16. The molecule has 2 heteroatoms. The first kappa shape index (κ1) is 15.6. The molecule has 3 N–H and O–H groups in total. The van der Waals surface area contributed by atoms with Gasteiger partial charge in [-0.25, -0.2) is 0 Å². The largest absolute Gasteiger partial charge is 0.398 e. The van der Waals surface area contributed by atoms with Gasteiger partial charge in [0.05, 0.1) is 0 Å². The lowest BCUT2D eigenvalue weighted by Gasteiger charge is -2.19. The molecule has 0 saturated carbocycles. The van der Waals surface area contributed by atoms with E-state index in [1.54, 1.807) is 6.08 Å². The van der Waals surface area contributed by atoms with Gasteiger partial charge in [-0.15, -0.1) is 0 Å². The van der Waals surface area contributed by atoms with Gasteiger partial charge in [0.1, 0.15) is 0 Å². The molecule has 0 aromatic carbocycles. The lowest BCUT2D eigenvalue weighted by atomic mass is 9.88. The van der Waals surface area contributed by atoms with E-state index < -0.39 is 0 Å².